The lowest BCUT2D eigenvalue weighted by Crippen LogP contribution is -2.28. The van der Waals surface area contributed by atoms with Gasteiger partial charge in [-0.25, -0.2) is 13.6 Å². The Bertz CT molecular complexity index is 895. The van der Waals surface area contributed by atoms with Crippen LogP contribution in [0.4, 0.5) is 8.78 Å². The minimum Gasteiger partial charge on any atom is -0.478 e. The minimum absolute atomic E-state index is 0.177. The molecular formula is C22H24F2I2N2O3. The van der Waals surface area contributed by atoms with Gasteiger partial charge in [0.2, 0.25) is 0 Å². The van der Waals surface area contributed by atoms with E-state index in [0.717, 1.165) is 35.6 Å². The van der Waals surface area contributed by atoms with E-state index in [9.17, 15) is 18.4 Å². The van der Waals surface area contributed by atoms with Gasteiger partial charge in [-0.1, -0.05) is 0 Å². The van der Waals surface area contributed by atoms with Crippen LogP contribution in [0.25, 0.3) is 0 Å². The number of halogens is 4. The molecule has 9 heteroatoms. The summed E-state index contributed by atoms with van der Waals surface area (Å²) in [5.74, 6) is -2.53. The van der Waals surface area contributed by atoms with E-state index in [4.69, 9.17) is 5.11 Å². The van der Waals surface area contributed by atoms with Gasteiger partial charge >= 0.3 is 5.97 Å². The van der Waals surface area contributed by atoms with Gasteiger partial charge in [0.1, 0.15) is 11.6 Å². The topological polar surface area (TPSA) is 69.6 Å². The van der Waals surface area contributed by atoms with Gasteiger partial charge in [-0.2, -0.15) is 0 Å². The molecule has 2 aliphatic heterocycles. The van der Waals surface area contributed by atoms with Crippen LogP contribution in [-0.4, -0.2) is 48.1 Å². The summed E-state index contributed by atoms with van der Waals surface area (Å²) in [4.78, 5) is 24.0. The van der Waals surface area contributed by atoms with Crippen LogP contribution in [0.5, 0.6) is 0 Å². The van der Waals surface area contributed by atoms with Crippen molar-refractivity contribution in [1.29, 1.82) is 0 Å². The molecule has 2 N–H and O–H groups in total. The molecule has 5 nitrogen and oxygen atoms in total. The number of amides is 1. The number of carbonyl (C=O) groups is 2. The molecule has 0 spiro atoms. The molecule has 0 unspecified atom stereocenters. The molecule has 1 amide bonds. The Morgan fingerprint density at radius 3 is 1.74 bits per heavy atom. The van der Waals surface area contributed by atoms with Crippen molar-refractivity contribution in [3.8, 4) is 0 Å². The number of nitrogens with one attached hydrogen (secondary N) is 1. The second-order valence-corrected chi connectivity index (χ2v) is 9.50. The van der Waals surface area contributed by atoms with Gasteiger partial charge in [0, 0.05) is 20.2 Å². The zero-order chi connectivity index (χ0) is 22.8. The van der Waals surface area contributed by atoms with Crippen molar-refractivity contribution in [2.24, 2.45) is 0 Å². The highest BCUT2D eigenvalue weighted by Gasteiger charge is 2.22. The van der Waals surface area contributed by atoms with E-state index in [1.807, 2.05) is 22.6 Å². The molecule has 0 atom stereocenters. The van der Waals surface area contributed by atoms with Gasteiger partial charge in [0.05, 0.1) is 11.1 Å². The Labute approximate surface area is 207 Å². The lowest BCUT2D eigenvalue weighted by atomic mass is 10.2. The van der Waals surface area contributed by atoms with Crippen LogP contribution < -0.4 is 5.32 Å². The number of benzene rings is 2. The van der Waals surface area contributed by atoms with E-state index < -0.39 is 17.6 Å². The Morgan fingerprint density at radius 1 is 0.839 bits per heavy atom. The van der Waals surface area contributed by atoms with Gasteiger partial charge in [-0.3, -0.25) is 4.79 Å². The van der Waals surface area contributed by atoms with E-state index in [-0.39, 0.29) is 17.0 Å². The monoisotopic (exact) mass is 656 g/mol. The third kappa shape index (κ3) is 8.60. The molecule has 31 heavy (non-hydrogen) atoms. The quantitative estimate of drug-likeness (QED) is 0.439. The molecule has 0 bridgehead atoms. The van der Waals surface area contributed by atoms with Gasteiger partial charge in [0.25, 0.3) is 5.91 Å². The van der Waals surface area contributed by atoms with Gasteiger partial charge in [-0.05, 0) is 120 Å². The highest BCUT2D eigenvalue weighted by molar-refractivity contribution is 14.1. The van der Waals surface area contributed by atoms with Gasteiger partial charge in [0.15, 0.2) is 0 Å². The van der Waals surface area contributed by atoms with Crippen molar-refractivity contribution in [2.75, 3.05) is 26.2 Å². The summed E-state index contributed by atoms with van der Waals surface area (Å²) in [5, 5.41) is 11.7. The smallest absolute Gasteiger partial charge is 0.338 e. The highest BCUT2D eigenvalue weighted by Crippen LogP contribution is 2.17. The van der Waals surface area contributed by atoms with Crippen molar-refractivity contribution in [2.45, 2.75) is 25.7 Å². The van der Waals surface area contributed by atoms with E-state index in [1.165, 1.54) is 44.1 Å². The number of aromatic carboxylic acids is 1. The first-order chi connectivity index (χ1) is 14.8. The zero-order valence-corrected chi connectivity index (χ0v) is 21.2. The minimum atomic E-state index is -1.24. The fraction of sp³-hybridized carbons (Fsp3) is 0.364. The largest absolute Gasteiger partial charge is 0.478 e. The van der Waals surface area contributed by atoms with Crippen LogP contribution in [0.15, 0.2) is 36.4 Å². The number of carbonyl (C=O) groups excluding carboxylic acids is 1. The molecule has 2 heterocycles. The third-order valence-electron chi connectivity index (χ3n) is 4.67. The standard InChI is InChI=1S/C11H11FINO.C7H4FIO2.C4H9N/c12-10-4-3-8(13)7-9(10)11(15)14-5-1-2-6-14;8-6-2-1-4(9)3-5(6)7(10)11;1-2-4-5-3-1/h3-4,7H,1-2,5-6H2;1-3H,(H,10,11);5H,1-4H2. The van der Waals surface area contributed by atoms with E-state index >= 15 is 0 Å². The molecule has 0 radical (unpaired) electrons. The second kappa shape index (κ2) is 13.3. The molecule has 2 aromatic carbocycles. The number of nitrogens with zero attached hydrogens (tertiary/aromatic N) is 1. The van der Waals surface area contributed by atoms with Crippen LogP contribution in [0.2, 0.25) is 0 Å². The predicted molar refractivity (Wildman–Crippen MR) is 132 cm³/mol. The lowest BCUT2D eigenvalue weighted by Gasteiger charge is -2.15. The van der Waals surface area contributed by atoms with Gasteiger partial charge in [-0.15, -0.1) is 0 Å². The second-order valence-electron chi connectivity index (χ2n) is 7.01. The van der Waals surface area contributed by atoms with Crippen molar-refractivity contribution in [3.63, 3.8) is 0 Å². The van der Waals surface area contributed by atoms with Gasteiger partial charge < -0.3 is 15.3 Å². The Hall–Kier alpha value is -1.34. The van der Waals surface area contributed by atoms with Crippen LogP contribution >= 0.6 is 45.2 Å². The van der Waals surface area contributed by atoms with Crippen LogP contribution in [0, 0.1) is 18.8 Å². The van der Waals surface area contributed by atoms with E-state index in [2.05, 4.69) is 27.9 Å². The molecule has 2 aromatic rings. The van der Waals surface area contributed by atoms with Crippen LogP contribution in [-0.2, 0) is 0 Å². The maximum Gasteiger partial charge on any atom is 0.338 e. The molecule has 2 fully saturated rings. The first-order valence-corrected chi connectivity index (χ1v) is 12.1. The van der Waals surface area contributed by atoms with E-state index in [0.29, 0.717) is 3.57 Å². The molecule has 0 aliphatic carbocycles. The summed E-state index contributed by atoms with van der Waals surface area (Å²) in [6.07, 6.45) is 4.83. The van der Waals surface area contributed by atoms with Crippen LogP contribution in [0.3, 0.4) is 0 Å². The van der Waals surface area contributed by atoms with E-state index in [1.54, 1.807) is 17.0 Å². The fourth-order valence-electron chi connectivity index (χ4n) is 3.04. The molecule has 0 saturated carbocycles. The fourth-order valence-corrected chi connectivity index (χ4v) is 4.02. The predicted octanol–water partition coefficient (Wildman–Crippen LogP) is 5.16. The lowest BCUT2D eigenvalue weighted by molar-refractivity contribution is 0.0691. The van der Waals surface area contributed by atoms with Crippen molar-refractivity contribution in [3.05, 3.63) is 66.3 Å². The van der Waals surface area contributed by atoms with Crippen molar-refractivity contribution in [1.82, 2.24) is 10.2 Å². The summed E-state index contributed by atoms with van der Waals surface area (Å²) in [7, 11) is 0. The SMILES string of the molecule is C1CCNC1.O=C(O)c1cc(I)ccc1F.O=C(c1cc(I)ccc1F)N1CCCC1. The summed E-state index contributed by atoms with van der Waals surface area (Å²) < 4.78 is 27.7. The Kier molecular flexibility index (Phi) is 11.1. The molecule has 168 valence electrons. The number of carboxylic acid groups (broad SMARTS) is 1. The van der Waals surface area contributed by atoms with Crippen LogP contribution in [0.1, 0.15) is 46.4 Å². The number of carboxylic acids is 1. The Morgan fingerprint density at radius 2 is 1.32 bits per heavy atom. The summed E-state index contributed by atoms with van der Waals surface area (Å²) >= 11 is 4.01. The maximum atomic E-state index is 13.4. The number of hydrogen-bond acceptors (Lipinski definition) is 3. The average Bonchev–Trinajstić information content (AvgIpc) is 3.48. The molecule has 4 rings (SSSR count). The molecular weight excluding hydrogens is 632 g/mol. The summed E-state index contributed by atoms with van der Waals surface area (Å²) in [6, 6.07) is 8.57. The number of rotatable bonds is 2. The third-order valence-corrected chi connectivity index (χ3v) is 6.01. The average molecular weight is 656 g/mol. The van der Waals surface area contributed by atoms with Crippen molar-refractivity contribution < 1.29 is 23.5 Å². The first kappa shape index (κ1) is 25.9. The Balaban J connectivity index is 0.000000186. The molecule has 2 saturated heterocycles. The molecule has 0 aromatic heterocycles. The first-order valence-electron chi connectivity index (χ1n) is 9.93. The maximum absolute atomic E-state index is 13.4. The van der Waals surface area contributed by atoms with Crippen molar-refractivity contribution >= 4 is 57.1 Å². The molecule has 2 aliphatic rings. The summed E-state index contributed by atoms with van der Waals surface area (Å²) in [6.45, 7) is 4.01. The highest BCUT2D eigenvalue weighted by atomic mass is 127. The summed E-state index contributed by atoms with van der Waals surface area (Å²) in [5.41, 5.74) is -0.0827. The normalized spacial score (nSPS) is 14.9. The number of hydrogen-bond donors (Lipinski definition) is 2. The number of likely N-dealkylation sites (tertiary alicyclic amines) is 1. The zero-order valence-electron chi connectivity index (χ0n) is 16.8.